The summed E-state index contributed by atoms with van der Waals surface area (Å²) in [7, 11) is 3.40. The highest BCUT2D eigenvalue weighted by atomic mass is 16.5. The molecule has 3 rings (SSSR count). The molecule has 2 aliphatic rings. The zero-order valence-electron chi connectivity index (χ0n) is 13.1. The van der Waals surface area contributed by atoms with E-state index in [1.165, 1.54) is 17.5 Å². The Morgan fingerprint density at radius 3 is 2.55 bits per heavy atom. The molecule has 2 unspecified atom stereocenters. The Balaban J connectivity index is 2.02. The fourth-order valence-electron chi connectivity index (χ4n) is 3.74. The van der Waals surface area contributed by atoms with Crippen LogP contribution in [0.25, 0.3) is 0 Å². The first-order valence-corrected chi connectivity index (χ1v) is 7.88. The first-order chi connectivity index (χ1) is 10.7. The summed E-state index contributed by atoms with van der Waals surface area (Å²) in [6.07, 6.45) is 4.94. The molecular weight excluding hydrogens is 282 g/mol. The summed E-state index contributed by atoms with van der Waals surface area (Å²) in [6, 6.07) is 2.04. The Hall–Kier alpha value is -1.75. The van der Waals surface area contributed by atoms with Gasteiger partial charge < -0.3 is 19.9 Å². The lowest BCUT2D eigenvalue weighted by Gasteiger charge is -2.26. The minimum Gasteiger partial charge on any atom is -0.496 e. The molecule has 0 aromatic heterocycles. The van der Waals surface area contributed by atoms with Crippen molar-refractivity contribution < 1.29 is 19.4 Å². The van der Waals surface area contributed by atoms with Crippen LogP contribution >= 0.6 is 0 Å². The predicted molar refractivity (Wildman–Crippen MR) is 82.7 cm³/mol. The molecule has 0 spiro atoms. The van der Waals surface area contributed by atoms with Gasteiger partial charge in [-0.25, -0.2) is 0 Å². The van der Waals surface area contributed by atoms with Crippen molar-refractivity contribution in [2.45, 2.75) is 38.1 Å². The van der Waals surface area contributed by atoms with Crippen molar-refractivity contribution in [3.63, 3.8) is 0 Å². The van der Waals surface area contributed by atoms with Crippen molar-refractivity contribution in [3.05, 3.63) is 22.8 Å². The van der Waals surface area contributed by atoms with Gasteiger partial charge in [-0.05, 0) is 38.2 Å². The Morgan fingerprint density at radius 2 is 1.95 bits per heavy atom. The number of nitrogens with one attached hydrogen (secondary N) is 1. The Labute approximate surface area is 130 Å². The maximum absolute atomic E-state index is 11.2. The van der Waals surface area contributed by atoms with Crippen LogP contribution in [-0.4, -0.2) is 31.8 Å². The molecule has 1 heterocycles. The molecule has 0 bridgehead atoms. The lowest BCUT2D eigenvalue weighted by Crippen LogP contribution is -2.18. The lowest BCUT2D eigenvalue weighted by atomic mass is 9.86. The highest BCUT2D eigenvalue weighted by molar-refractivity contribution is 5.71. The zero-order chi connectivity index (χ0) is 15.7. The van der Waals surface area contributed by atoms with Gasteiger partial charge in [0.25, 0.3) is 0 Å². The van der Waals surface area contributed by atoms with Gasteiger partial charge in [-0.1, -0.05) is 0 Å². The van der Waals surface area contributed by atoms with E-state index in [4.69, 9.17) is 9.47 Å². The number of fused-ring (bicyclic) bond motifs is 1. The summed E-state index contributed by atoms with van der Waals surface area (Å²) in [5.41, 5.74) is 3.52. The second-order valence-corrected chi connectivity index (χ2v) is 6.10. The first kappa shape index (κ1) is 15.2. The van der Waals surface area contributed by atoms with Gasteiger partial charge in [-0.2, -0.15) is 0 Å². The number of aliphatic carboxylic acids is 1. The number of methoxy groups -OCH3 is 2. The van der Waals surface area contributed by atoms with E-state index < -0.39 is 5.97 Å². The number of ether oxygens (including phenoxy) is 2. The van der Waals surface area contributed by atoms with Gasteiger partial charge in [0.1, 0.15) is 11.5 Å². The van der Waals surface area contributed by atoms with Crippen LogP contribution in [0.1, 0.15) is 42.0 Å². The second kappa shape index (κ2) is 6.16. The summed E-state index contributed by atoms with van der Waals surface area (Å²) in [4.78, 5) is 11.2. The number of hydrogen-bond acceptors (Lipinski definition) is 4. The molecule has 1 fully saturated rings. The molecule has 0 radical (unpaired) electrons. The minimum atomic E-state index is -0.737. The molecule has 5 heteroatoms. The first-order valence-electron chi connectivity index (χ1n) is 7.88. The van der Waals surface area contributed by atoms with Gasteiger partial charge in [0, 0.05) is 29.3 Å². The van der Waals surface area contributed by atoms with E-state index in [1.807, 2.05) is 6.07 Å². The maximum Gasteiger partial charge on any atom is 0.307 e. The highest BCUT2D eigenvalue weighted by Gasteiger charge is 2.33. The highest BCUT2D eigenvalue weighted by Crippen LogP contribution is 2.43. The molecule has 0 saturated carbocycles. The fourth-order valence-corrected chi connectivity index (χ4v) is 3.74. The molecule has 1 aliphatic carbocycles. The summed E-state index contributed by atoms with van der Waals surface area (Å²) >= 11 is 0. The normalized spacial score (nSPS) is 23.9. The van der Waals surface area contributed by atoms with E-state index in [-0.39, 0.29) is 12.0 Å². The van der Waals surface area contributed by atoms with Crippen LogP contribution in [0.3, 0.4) is 0 Å². The van der Waals surface area contributed by atoms with E-state index in [2.05, 4.69) is 5.32 Å². The third-order valence-corrected chi connectivity index (χ3v) is 4.87. The van der Waals surface area contributed by atoms with Crippen LogP contribution in [0.4, 0.5) is 0 Å². The summed E-state index contributed by atoms with van der Waals surface area (Å²) in [6.45, 7) is 0.503. The maximum atomic E-state index is 11.2. The van der Waals surface area contributed by atoms with Crippen molar-refractivity contribution in [2.75, 3.05) is 20.8 Å². The molecule has 1 aliphatic heterocycles. The summed E-state index contributed by atoms with van der Waals surface area (Å²) < 4.78 is 11.3. The molecule has 5 nitrogen and oxygen atoms in total. The topological polar surface area (TPSA) is 67.8 Å². The monoisotopic (exact) mass is 305 g/mol. The van der Waals surface area contributed by atoms with Crippen LogP contribution in [0.5, 0.6) is 11.5 Å². The van der Waals surface area contributed by atoms with Crippen LogP contribution in [0, 0.1) is 5.92 Å². The number of benzene rings is 1. The van der Waals surface area contributed by atoms with E-state index in [0.29, 0.717) is 13.0 Å². The lowest BCUT2D eigenvalue weighted by molar-refractivity contribution is -0.141. The van der Waals surface area contributed by atoms with Crippen LogP contribution in [-0.2, 0) is 17.6 Å². The van der Waals surface area contributed by atoms with Gasteiger partial charge in [-0.3, -0.25) is 4.79 Å². The number of carboxylic acid groups (broad SMARTS) is 1. The van der Waals surface area contributed by atoms with Gasteiger partial charge in [-0.15, -0.1) is 0 Å². The van der Waals surface area contributed by atoms with Gasteiger partial charge in [0.15, 0.2) is 0 Å². The van der Waals surface area contributed by atoms with Crippen molar-refractivity contribution in [2.24, 2.45) is 5.92 Å². The quantitative estimate of drug-likeness (QED) is 0.893. The third-order valence-electron chi connectivity index (χ3n) is 4.87. The van der Waals surface area contributed by atoms with Crippen LogP contribution < -0.4 is 14.8 Å². The molecule has 1 saturated heterocycles. The molecule has 120 valence electrons. The van der Waals surface area contributed by atoms with Gasteiger partial charge in [0.2, 0.25) is 0 Å². The van der Waals surface area contributed by atoms with E-state index in [0.717, 1.165) is 36.3 Å². The van der Waals surface area contributed by atoms with Gasteiger partial charge >= 0.3 is 5.97 Å². The van der Waals surface area contributed by atoms with Crippen molar-refractivity contribution in [1.82, 2.24) is 5.32 Å². The third kappa shape index (κ3) is 2.54. The predicted octanol–water partition coefficient (Wildman–Crippen LogP) is 2.32. The van der Waals surface area contributed by atoms with Crippen molar-refractivity contribution in [3.8, 4) is 11.5 Å². The number of rotatable bonds is 4. The molecule has 2 N–H and O–H groups in total. The van der Waals surface area contributed by atoms with Crippen molar-refractivity contribution in [1.29, 1.82) is 0 Å². The SMILES string of the molecule is COc1cc(C2CC(C(=O)O)CN2)c(OC)c2c1CCCC2. The second-order valence-electron chi connectivity index (χ2n) is 6.10. The average molecular weight is 305 g/mol. The van der Waals surface area contributed by atoms with Crippen molar-refractivity contribution >= 4 is 5.97 Å². The largest absolute Gasteiger partial charge is 0.496 e. The zero-order valence-corrected chi connectivity index (χ0v) is 13.1. The Morgan fingerprint density at radius 1 is 1.23 bits per heavy atom. The van der Waals surface area contributed by atoms with Crippen LogP contribution in [0.2, 0.25) is 0 Å². The standard InChI is InChI=1S/C17H23NO4/c1-21-15-8-13(14-7-10(9-18-14)17(19)20)16(22-2)12-6-4-3-5-11(12)15/h8,10,14,18H,3-7,9H2,1-2H3,(H,19,20). The van der Waals surface area contributed by atoms with Crippen LogP contribution in [0.15, 0.2) is 6.07 Å². The molecular formula is C17H23NO4. The Bertz CT molecular complexity index is 585. The molecule has 1 aromatic rings. The van der Waals surface area contributed by atoms with E-state index in [9.17, 15) is 9.90 Å². The summed E-state index contributed by atoms with van der Waals surface area (Å²) in [5.74, 6) is 0.751. The van der Waals surface area contributed by atoms with E-state index >= 15 is 0 Å². The minimum absolute atomic E-state index is 0.0113. The average Bonchev–Trinajstić information content (AvgIpc) is 3.03. The number of hydrogen-bond donors (Lipinski definition) is 2. The molecule has 2 atom stereocenters. The van der Waals surface area contributed by atoms with Gasteiger partial charge in [0.05, 0.1) is 20.1 Å². The molecule has 22 heavy (non-hydrogen) atoms. The number of carbonyl (C=O) groups is 1. The fraction of sp³-hybridized carbons (Fsp3) is 0.588. The molecule has 0 amide bonds. The Kier molecular flexibility index (Phi) is 4.25. The number of carboxylic acids is 1. The molecule has 1 aromatic carbocycles. The van der Waals surface area contributed by atoms with E-state index in [1.54, 1.807) is 14.2 Å². The summed E-state index contributed by atoms with van der Waals surface area (Å²) in [5, 5.41) is 12.5. The smallest absolute Gasteiger partial charge is 0.307 e.